The lowest BCUT2D eigenvalue weighted by molar-refractivity contribution is -0.111. The summed E-state index contributed by atoms with van der Waals surface area (Å²) in [6, 6.07) is 8.33. The second kappa shape index (κ2) is 8.15. The van der Waals surface area contributed by atoms with Gasteiger partial charge in [-0.15, -0.1) is 0 Å². The molecular formula is C19H18FNO5. The number of carbonyl (C=O) groups is 2. The molecule has 26 heavy (non-hydrogen) atoms. The topological polar surface area (TPSA) is 84.9 Å². The first-order valence-corrected chi connectivity index (χ1v) is 7.60. The zero-order valence-electron chi connectivity index (χ0n) is 14.5. The van der Waals surface area contributed by atoms with Gasteiger partial charge in [-0.25, -0.2) is 9.18 Å². The van der Waals surface area contributed by atoms with Gasteiger partial charge in [0.15, 0.2) is 11.5 Å². The van der Waals surface area contributed by atoms with Crippen molar-refractivity contribution >= 4 is 23.1 Å². The second-order valence-corrected chi connectivity index (χ2v) is 5.38. The Labute approximate surface area is 149 Å². The Balaban J connectivity index is 2.25. The average Bonchev–Trinajstić information content (AvgIpc) is 2.62. The molecule has 2 N–H and O–H groups in total. The fourth-order valence-corrected chi connectivity index (χ4v) is 2.33. The molecule has 0 aliphatic carbocycles. The maximum absolute atomic E-state index is 13.2. The molecule has 1 amide bonds. The minimum Gasteiger partial charge on any atom is -0.493 e. The van der Waals surface area contributed by atoms with E-state index in [9.17, 15) is 14.0 Å². The van der Waals surface area contributed by atoms with E-state index < -0.39 is 17.7 Å². The Morgan fingerprint density at radius 3 is 2.38 bits per heavy atom. The van der Waals surface area contributed by atoms with Crippen LogP contribution in [0.15, 0.2) is 42.5 Å². The average molecular weight is 359 g/mol. The number of amides is 1. The van der Waals surface area contributed by atoms with Crippen LogP contribution in [0.2, 0.25) is 0 Å². The quantitative estimate of drug-likeness (QED) is 0.770. The summed E-state index contributed by atoms with van der Waals surface area (Å²) in [7, 11) is 3.03. The van der Waals surface area contributed by atoms with Crippen molar-refractivity contribution in [2.24, 2.45) is 0 Å². The molecule has 0 fully saturated rings. The summed E-state index contributed by atoms with van der Waals surface area (Å²) in [5, 5.41) is 11.6. The summed E-state index contributed by atoms with van der Waals surface area (Å²) in [5.41, 5.74) is 1.05. The molecule has 0 bridgehead atoms. The number of rotatable bonds is 6. The van der Waals surface area contributed by atoms with E-state index >= 15 is 0 Å². The maximum atomic E-state index is 13.2. The number of nitrogens with one attached hydrogen (secondary N) is 1. The van der Waals surface area contributed by atoms with E-state index in [1.807, 2.05) is 0 Å². The molecule has 7 heteroatoms. The normalized spacial score (nSPS) is 11.0. The van der Waals surface area contributed by atoms with Gasteiger partial charge >= 0.3 is 5.97 Å². The first-order valence-electron chi connectivity index (χ1n) is 7.60. The Hall–Kier alpha value is -3.35. The first kappa shape index (κ1) is 19.0. The van der Waals surface area contributed by atoms with Crippen LogP contribution in [0.25, 0.3) is 5.57 Å². The molecule has 0 atom stereocenters. The van der Waals surface area contributed by atoms with Crippen molar-refractivity contribution in [2.75, 3.05) is 19.5 Å². The molecular weight excluding hydrogens is 341 g/mol. The van der Waals surface area contributed by atoms with E-state index in [4.69, 9.17) is 14.6 Å². The highest BCUT2D eigenvalue weighted by Gasteiger charge is 2.13. The molecule has 0 aromatic heterocycles. The van der Waals surface area contributed by atoms with Gasteiger partial charge in [0.1, 0.15) is 5.82 Å². The van der Waals surface area contributed by atoms with Gasteiger partial charge in [0.25, 0.3) is 0 Å². The number of benzene rings is 2. The molecule has 0 spiro atoms. The lowest BCUT2D eigenvalue weighted by Crippen LogP contribution is -2.12. The number of aromatic carboxylic acids is 1. The highest BCUT2D eigenvalue weighted by atomic mass is 19.1. The van der Waals surface area contributed by atoms with Gasteiger partial charge in [0, 0.05) is 6.08 Å². The lowest BCUT2D eigenvalue weighted by Gasteiger charge is -2.10. The molecule has 136 valence electrons. The van der Waals surface area contributed by atoms with E-state index in [0.29, 0.717) is 17.1 Å². The van der Waals surface area contributed by atoms with Crippen molar-refractivity contribution in [1.29, 1.82) is 0 Å². The Kier molecular flexibility index (Phi) is 5.95. The fourth-order valence-electron chi connectivity index (χ4n) is 2.33. The van der Waals surface area contributed by atoms with Crippen molar-refractivity contribution < 1.29 is 28.6 Å². The molecule has 2 rings (SSSR count). The molecule has 0 aliphatic heterocycles. The molecule has 0 radical (unpaired) electrons. The van der Waals surface area contributed by atoms with Gasteiger partial charge in [-0.2, -0.15) is 0 Å². The smallest absolute Gasteiger partial charge is 0.337 e. The predicted octanol–water partition coefficient (Wildman–Crippen LogP) is 3.58. The molecule has 2 aromatic rings. The first-order chi connectivity index (χ1) is 12.3. The molecule has 0 aliphatic rings. The van der Waals surface area contributed by atoms with Crippen molar-refractivity contribution in [2.45, 2.75) is 6.92 Å². The largest absolute Gasteiger partial charge is 0.493 e. The van der Waals surface area contributed by atoms with Crippen molar-refractivity contribution in [1.82, 2.24) is 0 Å². The van der Waals surface area contributed by atoms with Crippen molar-refractivity contribution in [3.8, 4) is 11.5 Å². The summed E-state index contributed by atoms with van der Waals surface area (Å²) in [4.78, 5) is 23.4. The molecule has 0 unspecified atom stereocenters. The van der Waals surface area contributed by atoms with Gasteiger partial charge in [0.05, 0.1) is 25.5 Å². The van der Waals surface area contributed by atoms with Crippen LogP contribution in [0.1, 0.15) is 22.8 Å². The number of ether oxygens (including phenoxy) is 2. The van der Waals surface area contributed by atoms with Gasteiger partial charge in [-0.1, -0.05) is 6.07 Å². The maximum Gasteiger partial charge on any atom is 0.337 e. The van der Waals surface area contributed by atoms with E-state index in [1.54, 1.807) is 25.1 Å². The number of hydrogen-bond acceptors (Lipinski definition) is 4. The van der Waals surface area contributed by atoms with Crippen LogP contribution < -0.4 is 14.8 Å². The monoisotopic (exact) mass is 359 g/mol. The number of methoxy groups -OCH3 is 2. The molecule has 6 nitrogen and oxygen atoms in total. The minimum absolute atomic E-state index is 0.0141. The third kappa shape index (κ3) is 4.38. The van der Waals surface area contributed by atoms with Crippen molar-refractivity contribution in [3.63, 3.8) is 0 Å². The van der Waals surface area contributed by atoms with Crippen LogP contribution in [0.4, 0.5) is 10.1 Å². The van der Waals surface area contributed by atoms with E-state index in [-0.39, 0.29) is 11.3 Å². The van der Waals surface area contributed by atoms with Crippen LogP contribution in [0.3, 0.4) is 0 Å². The molecule has 2 aromatic carbocycles. The van der Waals surface area contributed by atoms with Gasteiger partial charge in [-0.3, -0.25) is 4.79 Å². The van der Waals surface area contributed by atoms with Crippen LogP contribution in [-0.2, 0) is 4.79 Å². The Morgan fingerprint density at radius 2 is 1.77 bits per heavy atom. The van der Waals surface area contributed by atoms with Crippen LogP contribution >= 0.6 is 0 Å². The second-order valence-electron chi connectivity index (χ2n) is 5.38. The summed E-state index contributed by atoms with van der Waals surface area (Å²) in [6.45, 7) is 1.73. The van der Waals surface area contributed by atoms with Crippen molar-refractivity contribution in [3.05, 3.63) is 59.4 Å². The Morgan fingerprint density at radius 1 is 1.08 bits per heavy atom. The summed E-state index contributed by atoms with van der Waals surface area (Å²) in [6.07, 6.45) is 1.32. The summed E-state index contributed by atoms with van der Waals surface area (Å²) < 4.78 is 23.6. The number of carbonyl (C=O) groups excluding carboxylic acids is 1. The third-order valence-electron chi connectivity index (χ3n) is 3.66. The highest BCUT2D eigenvalue weighted by Crippen LogP contribution is 2.30. The van der Waals surface area contributed by atoms with E-state index in [0.717, 1.165) is 17.7 Å². The zero-order chi connectivity index (χ0) is 19.3. The predicted molar refractivity (Wildman–Crippen MR) is 95.2 cm³/mol. The lowest BCUT2D eigenvalue weighted by atomic mass is 10.1. The third-order valence-corrected chi connectivity index (χ3v) is 3.66. The number of halogens is 1. The molecule has 0 saturated heterocycles. The Bertz CT molecular complexity index is 876. The number of anilines is 1. The highest BCUT2D eigenvalue weighted by molar-refractivity contribution is 6.07. The zero-order valence-corrected chi connectivity index (χ0v) is 14.5. The van der Waals surface area contributed by atoms with Gasteiger partial charge < -0.3 is 19.9 Å². The van der Waals surface area contributed by atoms with E-state index in [2.05, 4.69) is 5.32 Å². The van der Waals surface area contributed by atoms with Crippen LogP contribution in [0, 0.1) is 5.82 Å². The SMILES string of the molecule is COc1ccc(/C(C)=C\C(=O)Nc2ccc(F)cc2C(=O)O)cc1OC. The molecule has 0 heterocycles. The van der Waals surface area contributed by atoms with Gasteiger partial charge in [-0.05, 0) is 48.4 Å². The fraction of sp³-hybridized carbons (Fsp3) is 0.158. The summed E-state index contributed by atoms with van der Waals surface area (Å²) >= 11 is 0. The number of carboxylic acids is 1. The van der Waals surface area contributed by atoms with E-state index in [1.165, 1.54) is 26.4 Å². The van der Waals surface area contributed by atoms with Gasteiger partial charge in [0.2, 0.25) is 5.91 Å². The van der Waals surface area contributed by atoms with Crippen LogP contribution in [-0.4, -0.2) is 31.2 Å². The molecule has 0 saturated carbocycles. The minimum atomic E-state index is -1.33. The number of allylic oxidation sites excluding steroid dienone is 1. The summed E-state index contributed by atoms with van der Waals surface area (Å²) in [5.74, 6) is -1.49. The standard InChI is InChI=1S/C19H18FNO5/c1-11(12-4-7-16(25-2)17(9-12)26-3)8-18(22)21-15-6-5-13(20)10-14(15)19(23)24/h4-10H,1-3H3,(H,21,22)(H,23,24)/b11-8-. The number of carboxylic acid groups (broad SMARTS) is 1. The number of hydrogen-bond donors (Lipinski definition) is 2. The van der Waals surface area contributed by atoms with Crippen LogP contribution in [0.5, 0.6) is 11.5 Å².